The Balaban J connectivity index is 2.04. The molecule has 106 valence electrons. The summed E-state index contributed by atoms with van der Waals surface area (Å²) in [5.74, 6) is -1.21. The standard InChI is InChI=1S/C16H12O5/c1-8-3-2-4-12-14(8)16(20)13(21-12)7-9-5-10(17)15(19)11(18)6-9/h2-7,17-19H,1H3/b13-7-. The number of phenols is 3. The molecule has 1 aliphatic heterocycles. The highest BCUT2D eigenvalue weighted by atomic mass is 16.5. The molecule has 0 atom stereocenters. The molecule has 0 fully saturated rings. The molecule has 5 heteroatoms. The predicted octanol–water partition coefficient (Wildman–Crippen LogP) is 2.73. The number of ketones is 1. The van der Waals surface area contributed by atoms with Crippen molar-refractivity contribution in [3.63, 3.8) is 0 Å². The molecule has 0 amide bonds. The van der Waals surface area contributed by atoms with Crippen LogP contribution in [0.4, 0.5) is 0 Å². The molecule has 1 heterocycles. The molecular formula is C16H12O5. The molecule has 2 aromatic carbocycles. The smallest absolute Gasteiger partial charge is 0.232 e. The van der Waals surface area contributed by atoms with Gasteiger partial charge in [-0.3, -0.25) is 4.79 Å². The topological polar surface area (TPSA) is 87.0 Å². The van der Waals surface area contributed by atoms with E-state index in [2.05, 4.69) is 0 Å². The van der Waals surface area contributed by atoms with Crippen LogP contribution in [0.3, 0.4) is 0 Å². The molecule has 3 rings (SSSR count). The van der Waals surface area contributed by atoms with Crippen LogP contribution in [-0.2, 0) is 0 Å². The molecule has 0 saturated heterocycles. The molecule has 0 unspecified atom stereocenters. The predicted molar refractivity (Wildman–Crippen MR) is 75.6 cm³/mol. The Morgan fingerprint density at radius 2 is 1.76 bits per heavy atom. The molecule has 21 heavy (non-hydrogen) atoms. The highest BCUT2D eigenvalue weighted by Crippen LogP contribution is 2.38. The second-order valence-corrected chi connectivity index (χ2v) is 4.80. The van der Waals surface area contributed by atoms with Gasteiger partial charge in [-0.2, -0.15) is 0 Å². The van der Waals surface area contributed by atoms with Crippen LogP contribution in [0.2, 0.25) is 0 Å². The van der Waals surface area contributed by atoms with Gasteiger partial charge < -0.3 is 20.1 Å². The van der Waals surface area contributed by atoms with Gasteiger partial charge in [-0.15, -0.1) is 0 Å². The van der Waals surface area contributed by atoms with Crippen LogP contribution in [0.5, 0.6) is 23.0 Å². The summed E-state index contributed by atoms with van der Waals surface area (Å²) < 4.78 is 5.50. The molecule has 0 aliphatic carbocycles. The maximum absolute atomic E-state index is 12.3. The van der Waals surface area contributed by atoms with Crippen LogP contribution in [0.1, 0.15) is 21.5 Å². The third kappa shape index (κ3) is 2.08. The van der Waals surface area contributed by atoms with E-state index in [1.807, 2.05) is 13.0 Å². The summed E-state index contributed by atoms with van der Waals surface area (Å²) >= 11 is 0. The minimum absolute atomic E-state index is 0.101. The number of hydrogen-bond donors (Lipinski definition) is 3. The summed E-state index contributed by atoms with van der Waals surface area (Å²) in [4.78, 5) is 12.3. The first kappa shape index (κ1) is 13.1. The fraction of sp³-hybridized carbons (Fsp3) is 0.0625. The van der Waals surface area contributed by atoms with Gasteiger partial charge in [0.1, 0.15) is 5.75 Å². The fourth-order valence-electron chi connectivity index (χ4n) is 2.26. The monoisotopic (exact) mass is 284 g/mol. The Hall–Kier alpha value is -2.95. The third-order valence-corrected chi connectivity index (χ3v) is 3.30. The maximum Gasteiger partial charge on any atom is 0.232 e. The number of fused-ring (bicyclic) bond motifs is 1. The van der Waals surface area contributed by atoms with Crippen molar-refractivity contribution in [2.45, 2.75) is 6.92 Å². The summed E-state index contributed by atoms with van der Waals surface area (Å²) in [5.41, 5.74) is 1.67. The van der Waals surface area contributed by atoms with Crippen molar-refractivity contribution in [1.82, 2.24) is 0 Å². The summed E-state index contributed by atoms with van der Waals surface area (Å²) in [6.45, 7) is 1.82. The zero-order valence-corrected chi connectivity index (χ0v) is 11.1. The normalized spacial score (nSPS) is 15.1. The Kier molecular flexibility index (Phi) is 2.83. The first-order valence-corrected chi connectivity index (χ1v) is 6.26. The molecule has 0 aromatic heterocycles. The van der Waals surface area contributed by atoms with E-state index >= 15 is 0 Å². The van der Waals surface area contributed by atoms with E-state index in [4.69, 9.17) is 4.74 Å². The largest absolute Gasteiger partial charge is 0.504 e. The average Bonchev–Trinajstić information content (AvgIpc) is 2.74. The van der Waals surface area contributed by atoms with Crippen molar-refractivity contribution < 1.29 is 24.9 Å². The zero-order chi connectivity index (χ0) is 15.1. The minimum atomic E-state index is -0.602. The lowest BCUT2D eigenvalue weighted by atomic mass is 10.0. The van der Waals surface area contributed by atoms with E-state index < -0.39 is 17.2 Å². The number of carbonyl (C=O) groups is 1. The Morgan fingerprint density at radius 1 is 1.10 bits per heavy atom. The van der Waals surface area contributed by atoms with E-state index in [1.54, 1.807) is 12.1 Å². The Morgan fingerprint density at radius 3 is 2.38 bits per heavy atom. The number of aromatic hydroxyl groups is 3. The summed E-state index contributed by atoms with van der Waals surface area (Å²) in [6.07, 6.45) is 1.40. The quantitative estimate of drug-likeness (QED) is 0.553. The van der Waals surface area contributed by atoms with Gasteiger partial charge in [0, 0.05) is 0 Å². The van der Waals surface area contributed by atoms with Crippen LogP contribution < -0.4 is 4.74 Å². The Bertz CT molecular complexity index is 766. The molecular weight excluding hydrogens is 272 g/mol. The van der Waals surface area contributed by atoms with Crippen LogP contribution in [0.25, 0.3) is 6.08 Å². The first-order chi connectivity index (χ1) is 9.97. The third-order valence-electron chi connectivity index (χ3n) is 3.30. The molecule has 0 saturated carbocycles. The van der Waals surface area contributed by atoms with E-state index in [0.717, 1.165) is 5.56 Å². The molecule has 1 aliphatic rings. The van der Waals surface area contributed by atoms with Gasteiger partial charge >= 0.3 is 0 Å². The van der Waals surface area contributed by atoms with Gasteiger partial charge in [0.15, 0.2) is 23.0 Å². The van der Waals surface area contributed by atoms with Gasteiger partial charge in [0.25, 0.3) is 0 Å². The maximum atomic E-state index is 12.3. The van der Waals surface area contributed by atoms with E-state index in [0.29, 0.717) is 16.9 Å². The molecule has 5 nitrogen and oxygen atoms in total. The number of aryl methyl sites for hydroxylation is 1. The van der Waals surface area contributed by atoms with Crippen molar-refractivity contribution in [1.29, 1.82) is 0 Å². The number of allylic oxidation sites excluding steroid dienone is 1. The summed E-state index contributed by atoms with van der Waals surface area (Å²) in [5, 5.41) is 28.2. The second kappa shape index (κ2) is 4.56. The van der Waals surface area contributed by atoms with E-state index in [1.165, 1.54) is 18.2 Å². The number of carbonyl (C=O) groups excluding carboxylic acids is 1. The van der Waals surface area contributed by atoms with E-state index in [-0.39, 0.29) is 11.5 Å². The lowest BCUT2D eigenvalue weighted by Crippen LogP contribution is -1.99. The highest BCUT2D eigenvalue weighted by Gasteiger charge is 2.28. The number of benzene rings is 2. The number of hydrogen-bond acceptors (Lipinski definition) is 5. The first-order valence-electron chi connectivity index (χ1n) is 6.26. The van der Waals surface area contributed by atoms with Crippen LogP contribution >= 0.6 is 0 Å². The van der Waals surface area contributed by atoms with Crippen LogP contribution in [-0.4, -0.2) is 21.1 Å². The second-order valence-electron chi connectivity index (χ2n) is 4.80. The number of rotatable bonds is 1. The highest BCUT2D eigenvalue weighted by molar-refractivity contribution is 6.15. The van der Waals surface area contributed by atoms with E-state index in [9.17, 15) is 20.1 Å². The van der Waals surface area contributed by atoms with Crippen LogP contribution in [0.15, 0.2) is 36.1 Å². The van der Waals surface area contributed by atoms with Gasteiger partial charge in [-0.1, -0.05) is 12.1 Å². The van der Waals surface area contributed by atoms with Crippen molar-refractivity contribution in [2.24, 2.45) is 0 Å². The molecule has 2 aromatic rings. The fourth-order valence-corrected chi connectivity index (χ4v) is 2.26. The summed E-state index contributed by atoms with van der Waals surface area (Å²) in [7, 11) is 0. The summed E-state index contributed by atoms with van der Waals surface area (Å²) in [6, 6.07) is 7.78. The average molecular weight is 284 g/mol. The number of Topliss-reactive ketones (excluding diaryl/α,β-unsaturated/α-hetero) is 1. The zero-order valence-electron chi connectivity index (χ0n) is 11.1. The van der Waals surface area contributed by atoms with Gasteiger partial charge in [0.2, 0.25) is 5.78 Å². The van der Waals surface area contributed by atoms with Crippen molar-refractivity contribution in [3.8, 4) is 23.0 Å². The lowest BCUT2D eigenvalue weighted by Gasteiger charge is -2.03. The molecule has 3 N–H and O–H groups in total. The molecule has 0 radical (unpaired) electrons. The van der Waals surface area contributed by atoms with Crippen molar-refractivity contribution in [2.75, 3.05) is 0 Å². The molecule has 0 bridgehead atoms. The Labute approximate surface area is 120 Å². The van der Waals surface area contributed by atoms with Crippen molar-refractivity contribution in [3.05, 3.63) is 52.8 Å². The number of phenolic OH excluding ortho intramolecular Hbond substituents is 3. The van der Waals surface area contributed by atoms with Crippen molar-refractivity contribution >= 4 is 11.9 Å². The minimum Gasteiger partial charge on any atom is -0.504 e. The SMILES string of the molecule is Cc1cccc2c1C(=O)/C(=C/c1cc(O)c(O)c(O)c1)O2. The van der Waals surface area contributed by atoms with Crippen LogP contribution in [0, 0.1) is 6.92 Å². The van der Waals surface area contributed by atoms with Gasteiger partial charge in [-0.25, -0.2) is 0 Å². The lowest BCUT2D eigenvalue weighted by molar-refractivity contribution is 0.101. The molecule has 0 spiro atoms. The number of ether oxygens (including phenoxy) is 1. The van der Waals surface area contributed by atoms with Gasteiger partial charge in [-0.05, 0) is 42.3 Å². The van der Waals surface area contributed by atoms with Gasteiger partial charge in [0.05, 0.1) is 5.56 Å².